The van der Waals surface area contributed by atoms with E-state index in [0.717, 1.165) is 10.8 Å². The SMILES string of the molecule is CCSC1=NN2c3cc(F)ccc3OCC2C1c1ccccc1. The Kier molecular flexibility index (Phi) is 3.73. The number of fused-ring (bicyclic) bond motifs is 3. The summed E-state index contributed by atoms with van der Waals surface area (Å²) < 4.78 is 19.6. The molecule has 0 fully saturated rings. The molecule has 0 saturated heterocycles. The van der Waals surface area contributed by atoms with Gasteiger partial charge in [0.25, 0.3) is 0 Å². The number of nitrogens with zero attached hydrogens (tertiary/aromatic N) is 2. The van der Waals surface area contributed by atoms with Gasteiger partial charge in [-0.1, -0.05) is 37.3 Å². The van der Waals surface area contributed by atoms with Crippen LogP contribution in [0.4, 0.5) is 10.1 Å². The summed E-state index contributed by atoms with van der Waals surface area (Å²) in [5, 5.41) is 7.82. The zero-order chi connectivity index (χ0) is 15.8. The number of benzene rings is 2. The van der Waals surface area contributed by atoms with Crippen LogP contribution in [0.5, 0.6) is 5.75 Å². The highest BCUT2D eigenvalue weighted by atomic mass is 32.2. The Balaban J connectivity index is 1.78. The van der Waals surface area contributed by atoms with Crippen LogP contribution >= 0.6 is 11.8 Å². The van der Waals surface area contributed by atoms with Crippen molar-refractivity contribution in [2.45, 2.75) is 18.9 Å². The van der Waals surface area contributed by atoms with E-state index in [1.165, 1.54) is 17.7 Å². The van der Waals surface area contributed by atoms with Gasteiger partial charge in [-0.2, -0.15) is 5.10 Å². The minimum absolute atomic E-state index is 0.0701. The van der Waals surface area contributed by atoms with Crippen LogP contribution in [0.3, 0.4) is 0 Å². The van der Waals surface area contributed by atoms with Gasteiger partial charge in [-0.3, -0.25) is 5.01 Å². The highest BCUT2D eigenvalue weighted by molar-refractivity contribution is 8.14. The summed E-state index contributed by atoms with van der Waals surface area (Å²) in [5.74, 6) is 1.55. The molecule has 5 heteroatoms. The molecule has 118 valence electrons. The lowest BCUT2D eigenvalue weighted by Crippen LogP contribution is -2.40. The summed E-state index contributed by atoms with van der Waals surface area (Å²) in [4.78, 5) is 0. The second-order valence-electron chi connectivity index (χ2n) is 5.59. The first-order valence-electron chi connectivity index (χ1n) is 7.75. The Morgan fingerprint density at radius 2 is 2.09 bits per heavy atom. The normalized spacial score (nSPS) is 22.2. The van der Waals surface area contributed by atoms with E-state index in [1.54, 1.807) is 17.8 Å². The number of halogens is 1. The average molecular weight is 328 g/mol. The molecule has 2 aromatic rings. The molecule has 2 aromatic carbocycles. The first kappa shape index (κ1) is 14.6. The second kappa shape index (κ2) is 5.89. The summed E-state index contributed by atoms with van der Waals surface area (Å²) in [6, 6.07) is 15.0. The summed E-state index contributed by atoms with van der Waals surface area (Å²) in [6.45, 7) is 2.67. The van der Waals surface area contributed by atoms with Gasteiger partial charge in [0.15, 0.2) is 0 Å². The molecule has 2 heterocycles. The van der Waals surface area contributed by atoms with Crippen molar-refractivity contribution in [2.75, 3.05) is 17.4 Å². The van der Waals surface area contributed by atoms with Gasteiger partial charge >= 0.3 is 0 Å². The topological polar surface area (TPSA) is 24.8 Å². The van der Waals surface area contributed by atoms with Gasteiger partial charge in [0.05, 0.1) is 12.0 Å². The number of hydrazone groups is 1. The van der Waals surface area contributed by atoms with E-state index >= 15 is 0 Å². The van der Waals surface area contributed by atoms with Gasteiger partial charge in [0.1, 0.15) is 28.9 Å². The van der Waals surface area contributed by atoms with Gasteiger partial charge in [0, 0.05) is 6.07 Å². The van der Waals surface area contributed by atoms with Crippen LogP contribution in [0.25, 0.3) is 0 Å². The van der Waals surface area contributed by atoms with Crippen LogP contribution in [0.15, 0.2) is 53.6 Å². The standard InChI is InChI=1S/C18H17FN2OS/c1-2-23-18-17(12-6-4-3-5-7-12)15-11-22-16-9-8-13(19)10-14(16)21(15)20-18/h3-10,15,17H,2,11H2,1H3. The number of hydrogen-bond donors (Lipinski definition) is 0. The maximum atomic E-state index is 13.7. The smallest absolute Gasteiger partial charge is 0.144 e. The fourth-order valence-corrected chi connectivity index (χ4v) is 4.12. The Hall–Kier alpha value is -2.01. The van der Waals surface area contributed by atoms with Crippen molar-refractivity contribution >= 4 is 22.5 Å². The maximum absolute atomic E-state index is 13.7. The third kappa shape index (κ3) is 2.49. The van der Waals surface area contributed by atoms with Gasteiger partial charge in [-0.05, 0) is 23.4 Å². The first-order chi connectivity index (χ1) is 11.3. The molecular weight excluding hydrogens is 311 g/mol. The fourth-order valence-electron chi connectivity index (χ4n) is 3.21. The monoisotopic (exact) mass is 328 g/mol. The predicted octanol–water partition coefficient (Wildman–Crippen LogP) is 4.26. The van der Waals surface area contributed by atoms with Crippen molar-refractivity contribution in [3.05, 3.63) is 59.9 Å². The minimum Gasteiger partial charge on any atom is -0.489 e. The third-order valence-corrected chi connectivity index (χ3v) is 5.12. The first-order valence-corrected chi connectivity index (χ1v) is 8.74. The summed E-state index contributed by atoms with van der Waals surface area (Å²) >= 11 is 1.75. The molecule has 0 amide bonds. The molecule has 0 saturated carbocycles. The number of hydrogen-bond acceptors (Lipinski definition) is 4. The van der Waals surface area contributed by atoms with E-state index in [9.17, 15) is 4.39 Å². The van der Waals surface area contributed by atoms with Crippen LogP contribution in [0.1, 0.15) is 18.4 Å². The second-order valence-corrected chi connectivity index (χ2v) is 6.88. The lowest BCUT2D eigenvalue weighted by Gasteiger charge is -2.33. The summed E-state index contributed by atoms with van der Waals surface area (Å²) in [7, 11) is 0. The third-order valence-electron chi connectivity index (χ3n) is 4.20. The zero-order valence-corrected chi connectivity index (χ0v) is 13.6. The molecule has 2 aliphatic heterocycles. The maximum Gasteiger partial charge on any atom is 0.144 e. The van der Waals surface area contributed by atoms with Crippen molar-refractivity contribution < 1.29 is 9.13 Å². The Labute approximate surface area is 139 Å². The molecule has 0 aromatic heterocycles. The Morgan fingerprint density at radius 1 is 1.26 bits per heavy atom. The van der Waals surface area contributed by atoms with Crippen LogP contribution in [-0.2, 0) is 0 Å². The molecular formula is C18H17FN2OS. The van der Waals surface area contributed by atoms with E-state index < -0.39 is 0 Å². The molecule has 0 aliphatic carbocycles. The molecule has 2 unspecified atom stereocenters. The molecule has 2 atom stereocenters. The van der Waals surface area contributed by atoms with Crippen molar-refractivity contribution in [3.8, 4) is 5.75 Å². The van der Waals surface area contributed by atoms with Crippen molar-refractivity contribution in [1.82, 2.24) is 0 Å². The molecule has 0 radical (unpaired) electrons. The fraction of sp³-hybridized carbons (Fsp3) is 0.278. The average Bonchev–Trinajstić information content (AvgIpc) is 2.94. The molecule has 2 aliphatic rings. The van der Waals surface area contributed by atoms with Crippen molar-refractivity contribution in [1.29, 1.82) is 0 Å². The molecule has 0 spiro atoms. The van der Waals surface area contributed by atoms with Crippen LogP contribution in [0.2, 0.25) is 0 Å². The molecule has 0 N–H and O–H groups in total. The lowest BCUT2D eigenvalue weighted by atomic mass is 9.92. The van der Waals surface area contributed by atoms with E-state index in [2.05, 4.69) is 19.1 Å². The molecule has 4 rings (SSSR count). The van der Waals surface area contributed by atoms with E-state index in [1.807, 2.05) is 23.2 Å². The number of thioether (sulfide) groups is 1. The van der Waals surface area contributed by atoms with Gasteiger partial charge < -0.3 is 4.74 Å². The quantitative estimate of drug-likeness (QED) is 0.823. The lowest BCUT2D eigenvalue weighted by molar-refractivity contribution is 0.262. The Bertz CT molecular complexity index is 750. The highest BCUT2D eigenvalue weighted by Gasteiger charge is 2.42. The van der Waals surface area contributed by atoms with Gasteiger partial charge in [0.2, 0.25) is 0 Å². The van der Waals surface area contributed by atoms with Crippen molar-refractivity contribution in [2.24, 2.45) is 5.10 Å². The van der Waals surface area contributed by atoms with E-state index in [4.69, 9.17) is 9.84 Å². The van der Waals surface area contributed by atoms with E-state index in [0.29, 0.717) is 18.0 Å². The predicted molar refractivity (Wildman–Crippen MR) is 92.9 cm³/mol. The van der Waals surface area contributed by atoms with Gasteiger partial charge in [-0.15, -0.1) is 11.8 Å². The molecule has 23 heavy (non-hydrogen) atoms. The molecule has 3 nitrogen and oxygen atoms in total. The number of ether oxygens (including phenoxy) is 1. The zero-order valence-electron chi connectivity index (χ0n) is 12.8. The van der Waals surface area contributed by atoms with Crippen LogP contribution in [-0.4, -0.2) is 23.4 Å². The summed E-state index contributed by atoms with van der Waals surface area (Å²) in [5.41, 5.74) is 1.94. The largest absolute Gasteiger partial charge is 0.489 e. The van der Waals surface area contributed by atoms with Crippen LogP contribution < -0.4 is 9.75 Å². The van der Waals surface area contributed by atoms with E-state index in [-0.39, 0.29) is 17.8 Å². The van der Waals surface area contributed by atoms with Crippen LogP contribution in [0, 0.1) is 5.82 Å². The number of anilines is 1. The number of rotatable bonds is 2. The Morgan fingerprint density at radius 3 is 2.87 bits per heavy atom. The highest BCUT2D eigenvalue weighted by Crippen LogP contribution is 2.44. The van der Waals surface area contributed by atoms with Gasteiger partial charge in [-0.25, -0.2) is 4.39 Å². The minimum atomic E-state index is -0.268. The molecule has 0 bridgehead atoms. The summed E-state index contributed by atoms with van der Waals surface area (Å²) in [6.07, 6.45) is 0. The van der Waals surface area contributed by atoms with Crippen molar-refractivity contribution in [3.63, 3.8) is 0 Å².